The summed E-state index contributed by atoms with van der Waals surface area (Å²) >= 11 is 3.06. The summed E-state index contributed by atoms with van der Waals surface area (Å²) in [6.07, 6.45) is 0.318. The van der Waals surface area contributed by atoms with Gasteiger partial charge >= 0.3 is 11.9 Å². The van der Waals surface area contributed by atoms with Crippen LogP contribution in [0.2, 0.25) is 0 Å². The van der Waals surface area contributed by atoms with Gasteiger partial charge < -0.3 is 10.2 Å². The molecule has 0 aromatic carbocycles. The van der Waals surface area contributed by atoms with Gasteiger partial charge in [0.25, 0.3) is 0 Å². The van der Waals surface area contributed by atoms with Crippen molar-refractivity contribution in [3.63, 3.8) is 0 Å². The normalized spacial score (nSPS) is 12.5. The Morgan fingerprint density at radius 2 is 1.82 bits per heavy atom. The zero-order chi connectivity index (χ0) is 8.85. The Balaban J connectivity index is 3.44. The highest BCUT2D eigenvalue weighted by Gasteiger charge is 2.10. The summed E-state index contributed by atoms with van der Waals surface area (Å²) in [5, 5.41) is 16.5. The lowest BCUT2D eigenvalue weighted by molar-refractivity contribution is -0.139. The number of rotatable bonds is 5. The summed E-state index contributed by atoms with van der Waals surface area (Å²) in [5.41, 5.74) is 0. The van der Waals surface area contributed by atoms with Crippen LogP contribution in [-0.2, 0) is 9.59 Å². The molecule has 0 aliphatic heterocycles. The van der Waals surface area contributed by atoms with Crippen molar-refractivity contribution in [1.29, 1.82) is 0 Å². The van der Waals surface area contributed by atoms with Gasteiger partial charge in [-0.1, -0.05) is 15.9 Å². The van der Waals surface area contributed by atoms with Crippen molar-refractivity contribution >= 4 is 27.9 Å². The van der Waals surface area contributed by atoms with Gasteiger partial charge in [0.1, 0.15) is 0 Å². The second-order valence-electron chi connectivity index (χ2n) is 2.13. The Labute approximate surface area is 72.3 Å². The molecule has 0 bridgehead atoms. The third-order valence-electron chi connectivity index (χ3n) is 1.07. The van der Waals surface area contributed by atoms with Crippen LogP contribution in [0.3, 0.4) is 0 Å². The van der Waals surface area contributed by atoms with Gasteiger partial charge in [0.05, 0.1) is 6.42 Å². The van der Waals surface area contributed by atoms with E-state index in [4.69, 9.17) is 10.2 Å². The van der Waals surface area contributed by atoms with Gasteiger partial charge in [-0.3, -0.25) is 9.59 Å². The van der Waals surface area contributed by atoms with Gasteiger partial charge in [0.15, 0.2) is 0 Å². The number of carboxylic acid groups (broad SMARTS) is 2. The van der Waals surface area contributed by atoms with E-state index >= 15 is 0 Å². The molecule has 2 N–H and O–H groups in total. The SMILES string of the molecule is O=C(O)CC[C@H](Br)CC(=O)O. The maximum absolute atomic E-state index is 10.1. The molecule has 4 nitrogen and oxygen atoms in total. The van der Waals surface area contributed by atoms with Crippen LogP contribution >= 0.6 is 15.9 Å². The third kappa shape index (κ3) is 7.32. The Kier molecular flexibility index (Phi) is 4.85. The summed E-state index contributed by atoms with van der Waals surface area (Å²) in [7, 11) is 0. The van der Waals surface area contributed by atoms with E-state index in [1.807, 2.05) is 0 Å². The smallest absolute Gasteiger partial charge is 0.304 e. The first-order valence-corrected chi connectivity index (χ1v) is 4.01. The highest BCUT2D eigenvalue weighted by Crippen LogP contribution is 2.11. The average molecular weight is 225 g/mol. The molecule has 0 aliphatic rings. The monoisotopic (exact) mass is 224 g/mol. The van der Waals surface area contributed by atoms with Gasteiger partial charge in [-0.05, 0) is 6.42 Å². The third-order valence-corrected chi connectivity index (χ3v) is 1.85. The standard InChI is InChI=1S/C6H9BrO4/c7-4(3-6(10)11)1-2-5(8)9/h4H,1-3H2,(H,8,9)(H,10,11)/t4-/m0/s1. The highest BCUT2D eigenvalue weighted by molar-refractivity contribution is 9.09. The van der Waals surface area contributed by atoms with Crippen molar-refractivity contribution in [1.82, 2.24) is 0 Å². The van der Waals surface area contributed by atoms with Crippen molar-refractivity contribution in [3.05, 3.63) is 0 Å². The van der Waals surface area contributed by atoms with Crippen molar-refractivity contribution < 1.29 is 19.8 Å². The van der Waals surface area contributed by atoms with Gasteiger partial charge in [-0.25, -0.2) is 0 Å². The summed E-state index contributed by atoms with van der Waals surface area (Å²) in [4.78, 5) is 19.9. The largest absolute Gasteiger partial charge is 0.481 e. The Morgan fingerprint density at radius 3 is 2.18 bits per heavy atom. The second kappa shape index (κ2) is 5.12. The minimum Gasteiger partial charge on any atom is -0.481 e. The van der Waals surface area contributed by atoms with Crippen molar-refractivity contribution in [2.75, 3.05) is 0 Å². The van der Waals surface area contributed by atoms with Gasteiger partial charge in [0, 0.05) is 11.2 Å². The fourth-order valence-corrected chi connectivity index (χ4v) is 1.08. The molecule has 0 saturated carbocycles. The Bertz CT molecular complexity index is 157. The summed E-state index contributed by atoms with van der Waals surface area (Å²) in [6.45, 7) is 0. The Morgan fingerprint density at radius 1 is 1.27 bits per heavy atom. The second-order valence-corrected chi connectivity index (χ2v) is 3.42. The van der Waals surface area contributed by atoms with Crippen LogP contribution in [-0.4, -0.2) is 27.0 Å². The Hall–Kier alpha value is -0.580. The lowest BCUT2D eigenvalue weighted by Gasteiger charge is -2.02. The molecular formula is C6H9BrO4. The summed E-state index contributed by atoms with van der Waals surface area (Å²) in [6, 6.07) is 0. The zero-order valence-electron chi connectivity index (χ0n) is 5.79. The van der Waals surface area contributed by atoms with E-state index in [-0.39, 0.29) is 17.7 Å². The average Bonchev–Trinajstić information content (AvgIpc) is 1.82. The molecule has 0 saturated heterocycles. The molecule has 11 heavy (non-hydrogen) atoms. The molecular weight excluding hydrogens is 216 g/mol. The van der Waals surface area contributed by atoms with E-state index < -0.39 is 11.9 Å². The summed E-state index contributed by atoms with van der Waals surface area (Å²) < 4.78 is 0. The van der Waals surface area contributed by atoms with E-state index in [9.17, 15) is 9.59 Å². The van der Waals surface area contributed by atoms with Crippen LogP contribution in [0, 0.1) is 0 Å². The maximum Gasteiger partial charge on any atom is 0.304 e. The number of hydrogen-bond donors (Lipinski definition) is 2. The first kappa shape index (κ1) is 10.4. The number of aliphatic carboxylic acids is 2. The number of carboxylic acids is 2. The van der Waals surface area contributed by atoms with Crippen LogP contribution in [0.4, 0.5) is 0 Å². The molecule has 64 valence electrons. The van der Waals surface area contributed by atoms with Crippen LogP contribution in [0.25, 0.3) is 0 Å². The molecule has 0 spiro atoms. The van der Waals surface area contributed by atoms with Gasteiger partial charge in [-0.2, -0.15) is 0 Å². The molecule has 0 aromatic rings. The van der Waals surface area contributed by atoms with Gasteiger partial charge in [0.2, 0.25) is 0 Å². The van der Waals surface area contributed by atoms with Crippen molar-refractivity contribution in [2.45, 2.75) is 24.1 Å². The first-order chi connectivity index (χ1) is 5.02. The lowest BCUT2D eigenvalue weighted by atomic mass is 10.2. The van der Waals surface area contributed by atoms with E-state index in [0.717, 1.165) is 0 Å². The van der Waals surface area contributed by atoms with E-state index in [1.54, 1.807) is 0 Å². The van der Waals surface area contributed by atoms with E-state index in [2.05, 4.69) is 15.9 Å². The fourth-order valence-electron chi connectivity index (χ4n) is 0.572. The minimum atomic E-state index is -0.919. The van der Waals surface area contributed by atoms with Crippen LogP contribution in [0.15, 0.2) is 0 Å². The zero-order valence-corrected chi connectivity index (χ0v) is 7.37. The molecule has 0 rings (SSSR count). The molecule has 0 radical (unpaired) electrons. The van der Waals surface area contributed by atoms with Crippen molar-refractivity contribution in [2.24, 2.45) is 0 Å². The maximum atomic E-state index is 10.1. The molecule has 0 heterocycles. The lowest BCUT2D eigenvalue weighted by Crippen LogP contribution is -2.08. The van der Waals surface area contributed by atoms with Crippen LogP contribution < -0.4 is 0 Å². The predicted octanol–water partition coefficient (Wildman–Crippen LogP) is 1.09. The highest BCUT2D eigenvalue weighted by atomic mass is 79.9. The number of alkyl halides is 1. The molecule has 0 unspecified atom stereocenters. The predicted molar refractivity (Wildman–Crippen MR) is 41.8 cm³/mol. The molecule has 0 aromatic heterocycles. The summed E-state index contributed by atoms with van der Waals surface area (Å²) in [5.74, 6) is -1.82. The fraction of sp³-hybridized carbons (Fsp3) is 0.667. The van der Waals surface area contributed by atoms with E-state index in [0.29, 0.717) is 6.42 Å². The first-order valence-electron chi connectivity index (χ1n) is 3.10. The number of hydrogen-bond acceptors (Lipinski definition) is 2. The van der Waals surface area contributed by atoms with Gasteiger partial charge in [-0.15, -0.1) is 0 Å². The van der Waals surface area contributed by atoms with Crippen molar-refractivity contribution in [3.8, 4) is 0 Å². The van der Waals surface area contributed by atoms with Crippen LogP contribution in [0.1, 0.15) is 19.3 Å². The number of halogens is 1. The molecule has 5 heteroatoms. The minimum absolute atomic E-state index is 0.00317. The van der Waals surface area contributed by atoms with Crippen LogP contribution in [0.5, 0.6) is 0 Å². The molecule has 1 atom stereocenters. The topological polar surface area (TPSA) is 74.6 Å². The molecule has 0 aliphatic carbocycles. The van der Waals surface area contributed by atoms with E-state index in [1.165, 1.54) is 0 Å². The quantitative estimate of drug-likeness (QED) is 0.686. The molecule has 0 fully saturated rings. The number of carbonyl (C=O) groups is 2. The molecule has 0 amide bonds.